The van der Waals surface area contributed by atoms with Crippen LogP contribution >= 0.6 is 0 Å². The second-order valence-corrected chi connectivity index (χ2v) is 17.7. The highest BCUT2D eigenvalue weighted by molar-refractivity contribution is 7.01. The van der Waals surface area contributed by atoms with Crippen molar-refractivity contribution in [2.24, 2.45) is 0 Å². The lowest BCUT2D eigenvalue weighted by molar-refractivity contribution is 0.353. The lowest BCUT2D eigenvalue weighted by atomic mass is 9.32. The highest BCUT2D eigenvalue weighted by atomic mass is 15.2. The molecule has 0 unspecified atom stereocenters. The molecule has 57 heavy (non-hydrogen) atoms. The topological polar surface area (TPSA) is 6.48 Å². The second-order valence-electron chi connectivity index (χ2n) is 17.7. The maximum atomic E-state index is 2.66. The Morgan fingerprint density at radius 1 is 0.368 bits per heavy atom. The van der Waals surface area contributed by atoms with Crippen LogP contribution in [0, 0.1) is 0 Å². The van der Waals surface area contributed by atoms with Crippen LogP contribution in [0.3, 0.4) is 0 Å². The quantitative estimate of drug-likeness (QED) is 0.163. The van der Waals surface area contributed by atoms with E-state index in [1.54, 1.807) is 22.3 Å². The Morgan fingerprint density at radius 3 is 1.67 bits per heavy atom. The molecule has 3 heteroatoms. The fraction of sp³-hybridized carbons (Fsp3) is 0.222. The van der Waals surface area contributed by atoms with E-state index in [2.05, 4.69) is 161 Å². The van der Waals surface area contributed by atoms with Crippen LogP contribution in [0.1, 0.15) is 86.5 Å². The summed E-state index contributed by atoms with van der Waals surface area (Å²) in [5, 5.41) is 0. The summed E-state index contributed by atoms with van der Waals surface area (Å²) < 4.78 is 0. The van der Waals surface area contributed by atoms with Crippen LogP contribution in [0.5, 0.6) is 0 Å². The lowest BCUT2D eigenvalue weighted by Crippen LogP contribution is -2.62. The molecule has 0 saturated heterocycles. The average Bonchev–Trinajstić information content (AvgIpc) is 3.70. The molecule has 0 atom stereocenters. The van der Waals surface area contributed by atoms with Gasteiger partial charge in [0.15, 0.2) is 0 Å². The van der Waals surface area contributed by atoms with E-state index < -0.39 is 0 Å². The Labute approximate surface area is 336 Å². The number of rotatable bonds is 2. The third-order valence-electron chi connectivity index (χ3n) is 15.2. The van der Waals surface area contributed by atoms with Crippen LogP contribution in [-0.4, -0.2) is 6.71 Å². The first-order valence-corrected chi connectivity index (χ1v) is 21.7. The summed E-state index contributed by atoms with van der Waals surface area (Å²) in [6.45, 7) is 0.0982. The van der Waals surface area contributed by atoms with Crippen molar-refractivity contribution < 1.29 is 0 Å². The first-order valence-electron chi connectivity index (χ1n) is 21.7. The van der Waals surface area contributed by atoms with Gasteiger partial charge < -0.3 is 9.80 Å². The number of fused-ring (bicyclic) bond motifs is 15. The largest absolute Gasteiger partial charge is 0.311 e. The zero-order chi connectivity index (χ0) is 37.3. The van der Waals surface area contributed by atoms with Crippen molar-refractivity contribution in [2.75, 3.05) is 9.80 Å². The first-order chi connectivity index (χ1) is 28.3. The molecular formula is C54H45BN2. The fourth-order valence-electron chi connectivity index (χ4n) is 13.0. The van der Waals surface area contributed by atoms with Gasteiger partial charge in [-0.25, -0.2) is 0 Å². The Morgan fingerprint density at radius 2 is 0.912 bits per heavy atom. The maximum absolute atomic E-state index is 2.66. The van der Waals surface area contributed by atoms with Gasteiger partial charge in [0.2, 0.25) is 0 Å². The number of benzene rings is 7. The van der Waals surface area contributed by atoms with Gasteiger partial charge in [0.1, 0.15) is 0 Å². The van der Waals surface area contributed by atoms with Crippen molar-refractivity contribution in [3.63, 3.8) is 0 Å². The number of anilines is 6. The molecule has 13 rings (SSSR count). The summed E-state index contributed by atoms with van der Waals surface area (Å²) >= 11 is 0. The zero-order valence-corrected chi connectivity index (χ0v) is 32.5. The molecular weight excluding hydrogens is 687 g/mol. The van der Waals surface area contributed by atoms with Crippen molar-refractivity contribution in [3.8, 4) is 22.3 Å². The van der Waals surface area contributed by atoms with Gasteiger partial charge in [-0.3, -0.25) is 0 Å². The molecule has 2 spiro atoms. The fourth-order valence-corrected chi connectivity index (χ4v) is 13.0. The number of nitrogens with zero attached hydrogens (tertiary/aromatic N) is 2. The van der Waals surface area contributed by atoms with Crippen molar-refractivity contribution in [3.05, 3.63) is 174 Å². The molecule has 2 heterocycles. The van der Waals surface area contributed by atoms with E-state index >= 15 is 0 Å². The molecule has 6 aliphatic rings. The van der Waals surface area contributed by atoms with E-state index in [0.29, 0.717) is 0 Å². The molecule has 0 bridgehead atoms. The molecule has 4 aliphatic carbocycles. The first kappa shape index (κ1) is 32.3. The molecule has 7 aromatic carbocycles. The lowest BCUT2D eigenvalue weighted by Gasteiger charge is -2.45. The summed E-state index contributed by atoms with van der Waals surface area (Å²) in [6.07, 6.45) is 12.8. The summed E-state index contributed by atoms with van der Waals surface area (Å²) in [7, 11) is 0. The molecule has 0 aromatic heterocycles. The summed E-state index contributed by atoms with van der Waals surface area (Å²) in [4.78, 5) is 5.19. The van der Waals surface area contributed by atoms with Gasteiger partial charge in [0.05, 0.1) is 0 Å². The van der Waals surface area contributed by atoms with E-state index in [0.717, 1.165) is 0 Å². The molecule has 2 saturated carbocycles. The van der Waals surface area contributed by atoms with Crippen LogP contribution in [0.25, 0.3) is 22.3 Å². The Hall–Kier alpha value is -5.80. The van der Waals surface area contributed by atoms with Crippen LogP contribution in [-0.2, 0) is 10.8 Å². The Kier molecular flexibility index (Phi) is 6.73. The van der Waals surface area contributed by atoms with Gasteiger partial charge in [-0.2, -0.15) is 0 Å². The standard InChI is InChI=1S/C54H45BN2/c1-4-17-36(18-5-1)56-46-24-11-10-23-45(46)55-51-47(56)25-16-26-48(51)57(37-27-28-43-40(35-37)38-19-6-8-21-41(38)53(43)31-12-2-13-32-53)49-30-29-44-50(52(49)55)39-20-7-9-22-42(39)54(44)33-14-3-15-34-54/h1,4-11,16-30,35H,2-3,12-15,31-34H2. The van der Waals surface area contributed by atoms with E-state index in [4.69, 9.17) is 0 Å². The van der Waals surface area contributed by atoms with Gasteiger partial charge >= 0.3 is 0 Å². The minimum Gasteiger partial charge on any atom is -0.311 e. The van der Waals surface area contributed by atoms with E-state index in [9.17, 15) is 0 Å². The third kappa shape index (κ3) is 4.17. The molecule has 2 nitrogen and oxygen atoms in total. The highest BCUT2D eigenvalue weighted by Gasteiger charge is 2.51. The normalized spacial score (nSPS) is 18.4. The van der Waals surface area contributed by atoms with Crippen LogP contribution in [0.2, 0.25) is 0 Å². The monoisotopic (exact) mass is 732 g/mol. The third-order valence-corrected chi connectivity index (χ3v) is 15.2. The molecule has 274 valence electrons. The second kappa shape index (κ2) is 11.9. The van der Waals surface area contributed by atoms with Crippen LogP contribution in [0.15, 0.2) is 152 Å². The van der Waals surface area contributed by atoms with Crippen molar-refractivity contribution in [1.29, 1.82) is 0 Å². The Bertz CT molecular complexity index is 2790. The van der Waals surface area contributed by atoms with Crippen LogP contribution in [0.4, 0.5) is 34.1 Å². The average molecular weight is 733 g/mol. The summed E-state index contributed by atoms with van der Waals surface area (Å²) in [6, 6.07) is 58.9. The molecule has 0 radical (unpaired) electrons. The molecule has 7 aromatic rings. The van der Waals surface area contributed by atoms with E-state index in [1.807, 2.05) is 0 Å². The van der Waals surface area contributed by atoms with Crippen LogP contribution < -0.4 is 26.2 Å². The molecule has 0 N–H and O–H groups in total. The summed E-state index contributed by atoms with van der Waals surface area (Å²) in [5.74, 6) is 0. The van der Waals surface area contributed by atoms with Crippen molar-refractivity contribution in [1.82, 2.24) is 0 Å². The molecule has 0 amide bonds. The predicted octanol–water partition coefficient (Wildman–Crippen LogP) is 12.2. The number of hydrogen-bond donors (Lipinski definition) is 0. The number of para-hydroxylation sites is 2. The van der Waals surface area contributed by atoms with Gasteiger partial charge in [0.25, 0.3) is 6.71 Å². The minimum atomic E-state index is 0.0830. The van der Waals surface area contributed by atoms with Gasteiger partial charge in [-0.1, -0.05) is 142 Å². The van der Waals surface area contributed by atoms with Gasteiger partial charge in [0, 0.05) is 45.0 Å². The van der Waals surface area contributed by atoms with E-state index in [1.165, 1.54) is 137 Å². The van der Waals surface area contributed by atoms with Gasteiger partial charge in [-0.15, -0.1) is 0 Å². The maximum Gasteiger partial charge on any atom is 0.252 e. The zero-order valence-electron chi connectivity index (χ0n) is 32.5. The number of hydrogen-bond acceptors (Lipinski definition) is 2. The SMILES string of the molecule is c1ccc(N2c3ccccc3B3c4c2cccc4N(c2ccc4c(c2)-c2ccccc2C42CCCCC2)c2ccc4c(c23)-c2ccccc2C42CCCCC2)cc1. The van der Waals surface area contributed by atoms with Crippen molar-refractivity contribution in [2.45, 2.75) is 75.0 Å². The smallest absolute Gasteiger partial charge is 0.252 e. The Balaban J connectivity index is 1.12. The highest BCUT2D eigenvalue weighted by Crippen LogP contribution is 2.59. The predicted molar refractivity (Wildman–Crippen MR) is 239 cm³/mol. The molecule has 2 aliphatic heterocycles. The summed E-state index contributed by atoms with van der Waals surface area (Å²) in [5.41, 5.74) is 24.2. The minimum absolute atomic E-state index is 0.0830. The van der Waals surface area contributed by atoms with Gasteiger partial charge in [-0.05, 0) is 135 Å². The van der Waals surface area contributed by atoms with Crippen molar-refractivity contribution >= 4 is 57.2 Å². The molecule has 2 fully saturated rings. The van der Waals surface area contributed by atoms with E-state index in [-0.39, 0.29) is 17.5 Å².